The van der Waals surface area contributed by atoms with Crippen molar-refractivity contribution < 1.29 is 38.0 Å². The normalized spacial score (nSPS) is 33.8. The second kappa shape index (κ2) is 7.56. The SMILES string of the molecule is [3H]OC1CC2OC(O)CC1C2/C=C/[C@H](COc1cccc(C(F)(F)F)c1)O[3H]. The third kappa shape index (κ3) is 4.37. The molecule has 1 aromatic carbocycles. The average molecular weight is 378 g/mol. The highest BCUT2D eigenvalue weighted by Gasteiger charge is 2.47. The van der Waals surface area contributed by atoms with Gasteiger partial charge in [0.1, 0.15) is 18.5 Å². The third-order valence-corrected chi connectivity index (χ3v) is 4.80. The Morgan fingerprint density at radius 2 is 2.23 bits per heavy atom. The van der Waals surface area contributed by atoms with Gasteiger partial charge in [-0.15, -0.1) is 0 Å². The molecule has 1 saturated heterocycles. The quantitative estimate of drug-likeness (QED) is 0.634. The van der Waals surface area contributed by atoms with E-state index in [1.165, 1.54) is 12.1 Å². The third-order valence-electron chi connectivity index (χ3n) is 4.80. The Morgan fingerprint density at radius 3 is 2.96 bits per heavy atom. The first kappa shape index (κ1) is 16.6. The number of ether oxygens (including phenoxy) is 2. The van der Waals surface area contributed by atoms with E-state index in [0.717, 1.165) is 12.1 Å². The Balaban J connectivity index is 1.60. The molecule has 5 nitrogen and oxygen atoms in total. The average Bonchev–Trinajstić information content (AvgIpc) is 2.87. The maximum Gasteiger partial charge on any atom is 0.416 e. The van der Waals surface area contributed by atoms with Gasteiger partial charge in [0, 0.05) is 18.8 Å². The number of hydrogen-bond acceptors (Lipinski definition) is 5. The summed E-state index contributed by atoms with van der Waals surface area (Å²) in [5.41, 5.74) is -0.820. The van der Waals surface area contributed by atoms with E-state index in [9.17, 15) is 18.3 Å². The monoisotopic (exact) mass is 378 g/mol. The molecule has 0 spiro atoms. The van der Waals surface area contributed by atoms with E-state index in [1.54, 1.807) is 12.2 Å². The molecule has 3 N–H and O–H groups in total. The number of hydrogen-bond donors (Lipinski definition) is 3. The van der Waals surface area contributed by atoms with Crippen LogP contribution in [0.5, 0.6) is 5.75 Å². The highest BCUT2D eigenvalue weighted by atomic mass is 19.4. The van der Waals surface area contributed by atoms with Gasteiger partial charge >= 0.3 is 6.18 Å². The molecule has 1 aliphatic carbocycles. The van der Waals surface area contributed by atoms with Crippen LogP contribution in [0, 0.1) is 11.8 Å². The molecule has 0 aromatic heterocycles. The Hall–Kier alpha value is -1.61. The molecule has 2 fully saturated rings. The predicted molar refractivity (Wildman–Crippen MR) is 85.2 cm³/mol. The van der Waals surface area contributed by atoms with Gasteiger partial charge in [-0.25, -0.2) is 0 Å². The van der Waals surface area contributed by atoms with Crippen molar-refractivity contribution in [1.82, 2.24) is 0 Å². The maximum absolute atomic E-state index is 12.8. The van der Waals surface area contributed by atoms with Gasteiger partial charge in [-0.05, 0) is 24.1 Å². The molecule has 1 aliphatic heterocycles. The van der Waals surface area contributed by atoms with E-state index in [0.29, 0.717) is 12.8 Å². The second-order valence-corrected chi connectivity index (χ2v) is 6.64. The molecule has 0 radical (unpaired) electrons. The second-order valence-electron chi connectivity index (χ2n) is 6.64. The molecule has 5 unspecified atom stereocenters. The Morgan fingerprint density at radius 1 is 1.38 bits per heavy atom. The minimum absolute atomic E-state index is 0.0251. The fourth-order valence-corrected chi connectivity index (χ4v) is 3.54. The molecule has 2 aliphatic rings. The summed E-state index contributed by atoms with van der Waals surface area (Å²) in [5.74, 6) is -0.194. The van der Waals surface area contributed by atoms with Crippen molar-refractivity contribution in [3.8, 4) is 5.75 Å². The molecule has 2 bridgehead atoms. The zero-order valence-corrected chi connectivity index (χ0v) is 13.8. The van der Waals surface area contributed by atoms with Gasteiger partial charge in [0.15, 0.2) is 6.29 Å². The topological polar surface area (TPSA) is 79.2 Å². The summed E-state index contributed by atoms with van der Waals surface area (Å²) in [6, 6.07) is 4.47. The molecule has 6 atom stereocenters. The Kier molecular flexibility index (Phi) is 4.81. The van der Waals surface area contributed by atoms with Crippen LogP contribution in [0.1, 0.15) is 18.4 Å². The van der Waals surface area contributed by atoms with Crippen molar-refractivity contribution in [1.29, 1.82) is 2.86 Å². The maximum atomic E-state index is 12.8. The molecular weight excluding hydrogens is 353 g/mol. The van der Waals surface area contributed by atoms with Gasteiger partial charge < -0.3 is 24.8 Å². The highest BCUT2D eigenvalue weighted by molar-refractivity contribution is 5.30. The lowest BCUT2D eigenvalue weighted by molar-refractivity contribution is -0.173. The van der Waals surface area contributed by atoms with E-state index in [4.69, 9.17) is 17.4 Å². The van der Waals surface area contributed by atoms with Crippen molar-refractivity contribution in [2.45, 2.75) is 43.6 Å². The lowest BCUT2D eigenvalue weighted by Crippen LogP contribution is -2.35. The van der Waals surface area contributed by atoms with Gasteiger partial charge in [0.05, 0.1) is 17.8 Å². The molecular formula is C18H21F3O5. The lowest BCUT2D eigenvalue weighted by atomic mass is 9.88. The van der Waals surface area contributed by atoms with Crippen LogP contribution in [0.3, 0.4) is 0 Å². The van der Waals surface area contributed by atoms with Crippen LogP contribution in [0.25, 0.3) is 0 Å². The van der Waals surface area contributed by atoms with Crippen LogP contribution in [0.4, 0.5) is 13.2 Å². The molecule has 144 valence electrons. The van der Waals surface area contributed by atoms with Crippen molar-refractivity contribution >= 4 is 0 Å². The number of aliphatic hydroxyl groups excluding tert-OH is 3. The van der Waals surface area contributed by atoms with Crippen molar-refractivity contribution in [2.75, 3.05) is 6.61 Å². The standard InChI is InChI=1S/C18H21F3O5/c19-18(20,21)10-2-1-3-12(6-10)25-9-11(22)4-5-13-14-7-17(24)26-16(13)8-15(14)23/h1-6,11,13-17,22-24H,7-9H2/b5-4+/t11-,13?,14?,15?,16?,17?/m1/s1/i22T,23T. The first-order valence-electron chi connectivity index (χ1n) is 9.19. The molecule has 26 heavy (non-hydrogen) atoms. The summed E-state index contributed by atoms with van der Waals surface area (Å²) in [5, 5.41) is 19.0. The molecule has 1 saturated carbocycles. The summed E-state index contributed by atoms with van der Waals surface area (Å²) in [7, 11) is 0. The number of rotatable bonds is 7. The summed E-state index contributed by atoms with van der Waals surface area (Å²) >= 11 is 0. The van der Waals surface area contributed by atoms with E-state index in [2.05, 4.69) is 5.11 Å². The van der Waals surface area contributed by atoms with Crippen molar-refractivity contribution in [2.24, 2.45) is 11.8 Å². The minimum atomic E-state index is -4.47. The molecule has 1 heterocycles. The number of halogens is 3. The summed E-state index contributed by atoms with van der Waals surface area (Å²) in [4.78, 5) is 0. The predicted octanol–water partition coefficient (Wildman–Crippen LogP) is 2.11. The summed E-state index contributed by atoms with van der Waals surface area (Å²) in [6.45, 7) is -0.148. The zero-order chi connectivity index (χ0) is 20.3. The number of benzene rings is 1. The lowest BCUT2D eigenvalue weighted by Gasteiger charge is -2.31. The van der Waals surface area contributed by atoms with E-state index < -0.39 is 24.1 Å². The van der Waals surface area contributed by atoms with Crippen LogP contribution in [0.2, 0.25) is 0 Å². The number of fused-ring (bicyclic) bond motifs is 2. The van der Waals surface area contributed by atoms with Crippen LogP contribution in [-0.4, -0.2) is 49.4 Å². The zero-order valence-electron chi connectivity index (χ0n) is 15.8. The van der Waals surface area contributed by atoms with Gasteiger partial charge in [0.2, 0.25) is 2.86 Å². The first-order valence-corrected chi connectivity index (χ1v) is 8.37. The number of alkyl halides is 3. The fourth-order valence-electron chi connectivity index (χ4n) is 3.54. The summed E-state index contributed by atoms with van der Waals surface area (Å²) in [6.07, 6.45) is -2.66. The van der Waals surface area contributed by atoms with Crippen LogP contribution in [0.15, 0.2) is 36.4 Å². The Labute approximate surface area is 151 Å². The van der Waals surface area contributed by atoms with E-state index in [-0.39, 0.29) is 36.4 Å². The van der Waals surface area contributed by atoms with Crippen LogP contribution in [-0.2, 0) is 10.9 Å². The van der Waals surface area contributed by atoms with Gasteiger partial charge in [-0.2, -0.15) is 13.2 Å². The van der Waals surface area contributed by atoms with Gasteiger partial charge in [-0.1, -0.05) is 18.2 Å². The van der Waals surface area contributed by atoms with Crippen molar-refractivity contribution in [3.05, 3.63) is 42.0 Å². The number of aliphatic hydroxyl groups is 3. The van der Waals surface area contributed by atoms with Crippen LogP contribution >= 0.6 is 0 Å². The van der Waals surface area contributed by atoms with Crippen molar-refractivity contribution in [3.63, 3.8) is 0 Å². The summed E-state index contributed by atoms with van der Waals surface area (Å²) < 4.78 is 63.4. The first-order chi connectivity index (χ1) is 13.3. The Bertz CT molecular complexity index is 687. The van der Waals surface area contributed by atoms with Gasteiger partial charge in [0.25, 0.3) is 0 Å². The van der Waals surface area contributed by atoms with E-state index in [1.807, 2.05) is 0 Å². The smallest absolute Gasteiger partial charge is 0.416 e. The van der Waals surface area contributed by atoms with Gasteiger partial charge in [-0.3, -0.25) is 0 Å². The fraction of sp³-hybridized carbons (Fsp3) is 0.556. The largest absolute Gasteiger partial charge is 0.491 e. The highest BCUT2D eigenvalue weighted by Crippen LogP contribution is 2.43. The minimum Gasteiger partial charge on any atom is -0.491 e. The molecule has 3 rings (SSSR count). The molecule has 8 heteroatoms. The van der Waals surface area contributed by atoms with Crippen LogP contribution < -0.4 is 4.74 Å². The van der Waals surface area contributed by atoms with E-state index >= 15 is 0 Å². The molecule has 1 aromatic rings. The molecule has 0 amide bonds.